The summed E-state index contributed by atoms with van der Waals surface area (Å²) < 4.78 is 30.1. The summed E-state index contributed by atoms with van der Waals surface area (Å²) in [5.41, 5.74) is 4.65. The number of aromatic nitrogens is 2. The molecule has 1 aromatic rings. The lowest BCUT2D eigenvalue weighted by Crippen LogP contribution is -2.37. The lowest BCUT2D eigenvalue weighted by Gasteiger charge is -2.30. The average Bonchev–Trinajstić information content (AvgIpc) is 2.89. The zero-order valence-corrected chi connectivity index (χ0v) is 14.6. The van der Waals surface area contributed by atoms with Gasteiger partial charge in [0, 0.05) is 19.3 Å². The van der Waals surface area contributed by atoms with Gasteiger partial charge in [0.1, 0.15) is 24.1 Å². The molecule has 2 saturated heterocycles. The number of aliphatic hydroxyl groups excluding tert-OH is 2. The average molecular weight is 392 g/mol. The maximum atomic E-state index is 12.3. The Hall–Kier alpha value is -1.37. The molecule has 146 valence electrons. The largest absolute Gasteiger partial charge is 0.405 e. The Morgan fingerprint density at radius 3 is 2.69 bits per heavy atom. The molecule has 13 heteroatoms. The van der Waals surface area contributed by atoms with Gasteiger partial charge in [0.25, 0.3) is 0 Å². The van der Waals surface area contributed by atoms with Crippen molar-refractivity contribution < 1.29 is 33.7 Å². The molecule has 0 spiro atoms. The van der Waals surface area contributed by atoms with E-state index in [1.165, 1.54) is 16.9 Å². The first-order valence-corrected chi connectivity index (χ1v) is 9.49. The molecule has 0 bridgehead atoms. The number of rotatable bonds is 5. The topological polar surface area (TPSA) is 170 Å². The van der Waals surface area contributed by atoms with Crippen LogP contribution in [0.5, 0.6) is 0 Å². The van der Waals surface area contributed by atoms with Crippen molar-refractivity contribution in [1.29, 1.82) is 0 Å². The second-order valence-corrected chi connectivity index (χ2v) is 7.75. The van der Waals surface area contributed by atoms with E-state index in [0.717, 1.165) is 4.57 Å². The third-order valence-electron chi connectivity index (χ3n) is 4.21. The van der Waals surface area contributed by atoms with Crippen LogP contribution in [0.25, 0.3) is 0 Å². The molecule has 0 radical (unpaired) electrons. The number of hydrogen-bond acceptors (Lipinski definition) is 9. The maximum Gasteiger partial charge on any atom is 0.405 e. The number of aliphatic hydroxyl groups is 2. The first kappa shape index (κ1) is 19.4. The Kier molecular flexibility index (Phi) is 5.75. The zero-order chi connectivity index (χ0) is 18.9. The minimum Gasteiger partial charge on any atom is -0.387 e. The van der Waals surface area contributed by atoms with E-state index < -0.39 is 44.6 Å². The highest BCUT2D eigenvalue weighted by Gasteiger charge is 2.45. The highest BCUT2D eigenvalue weighted by molar-refractivity contribution is 7.50. The lowest BCUT2D eigenvalue weighted by molar-refractivity contribution is -0.0545. The highest BCUT2D eigenvalue weighted by Crippen LogP contribution is 2.47. The van der Waals surface area contributed by atoms with Gasteiger partial charge in [-0.15, -0.1) is 0 Å². The number of hydrogen-bond donors (Lipinski definition) is 4. The molecule has 2 aliphatic heterocycles. The summed E-state index contributed by atoms with van der Waals surface area (Å²) in [6.45, 7) is 0.644. The van der Waals surface area contributed by atoms with Gasteiger partial charge < -0.3 is 30.3 Å². The second kappa shape index (κ2) is 7.71. The van der Waals surface area contributed by atoms with Gasteiger partial charge >= 0.3 is 13.4 Å². The van der Waals surface area contributed by atoms with Gasteiger partial charge in [-0.05, 0) is 6.07 Å². The number of morpholine rings is 1. The molecule has 0 aromatic carbocycles. The van der Waals surface area contributed by atoms with Gasteiger partial charge in [-0.25, -0.2) is 14.0 Å². The molecule has 2 aliphatic rings. The second-order valence-electron chi connectivity index (χ2n) is 5.94. The lowest BCUT2D eigenvalue weighted by atomic mass is 10.1. The van der Waals surface area contributed by atoms with Gasteiger partial charge in [-0.2, -0.15) is 4.98 Å². The smallest absolute Gasteiger partial charge is 0.387 e. The SMILES string of the molecule is Nc1ccn(C2OC(COP(=O)(O)N3CCOCC3)C(O)C2O)c(=O)n1. The van der Waals surface area contributed by atoms with E-state index in [1.54, 1.807) is 0 Å². The molecule has 2 fully saturated rings. The molecule has 0 aliphatic carbocycles. The molecule has 5 atom stereocenters. The van der Waals surface area contributed by atoms with Crippen molar-refractivity contribution in [3.05, 3.63) is 22.7 Å². The summed E-state index contributed by atoms with van der Waals surface area (Å²) in [5, 5.41) is 20.3. The van der Waals surface area contributed by atoms with Crippen molar-refractivity contribution in [1.82, 2.24) is 14.2 Å². The highest BCUT2D eigenvalue weighted by atomic mass is 31.2. The Bertz CT molecular complexity index is 739. The molecule has 5 unspecified atom stereocenters. The molecule has 3 heterocycles. The fraction of sp³-hybridized carbons (Fsp3) is 0.692. The van der Waals surface area contributed by atoms with Crippen molar-refractivity contribution in [2.45, 2.75) is 24.5 Å². The molecule has 12 nitrogen and oxygen atoms in total. The summed E-state index contributed by atoms with van der Waals surface area (Å²) in [5.74, 6) is 0.00546. The molecular weight excluding hydrogens is 371 g/mol. The Balaban J connectivity index is 1.66. The van der Waals surface area contributed by atoms with Gasteiger partial charge in [-0.1, -0.05) is 0 Å². The fourth-order valence-corrected chi connectivity index (χ4v) is 3.95. The van der Waals surface area contributed by atoms with Crippen LogP contribution in [0.3, 0.4) is 0 Å². The number of anilines is 1. The molecular formula is C13H21N4O8P. The van der Waals surface area contributed by atoms with Crippen LogP contribution in [-0.4, -0.2) is 80.6 Å². The Morgan fingerprint density at radius 2 is 2.04 bits per heavy atom. The van der Waals surface area contributed by atoms with Crippen LogP contribution in [0.1, 0.15) is 6.23 Å². The number of nitrogens with zero attached hydrogens (tertiary/aromatic N) is 3. The minimum atomic E-state index is -4.09. The summed E-state index contributed by atoms with van der Waals surface area (Å²) in [7, 11) is -4.09. The normalized spacial score (nSPS) is 32.4. The van der Waals surface area contributed by atoms with E-state index in [9.17, 15) is 24.5 Å². The van der Waals surface area contributed by atoms with Crippen LogP contribution in [0, 0.1) is 0 Å². The third kappa shape index (κ3) is 3.97. The van der Waals surface area contributed by atoms with Crippen molar-refractivity contribution in [2.75, 3.05) is 38.6 Å². The molecule has 5 N–H and O–H groups in total. The maximum absolute atomic E-state index is 12.3. The van der Waals surface area contributed by atoms with Crippen molar-refractivity contribution in [3.8, 4) is 0 Å². The number of ether oxygens (including phenoxy) is 2. The van der Waals surface area contributed by atoms with Crippen LogP contribution < -0.4 is 11.4 Å². The quantitative estimate of drug-likeness (QED) is 0.405. The molecule has 0 amide bonds. The first-order chi connectivity index (χ1) is 12.3. The van der Waals surface area contributed by atoms with E-state index in [0.29, 0.717) is 13.2 Å². The Morgan fingerprint density at radius 1 is 1.35 bits per heavy atom. The summed E-state index contributed by atoms with van der Waals surface area (Å²) >= 11 is 0. The van der Waals surface area contributed by atoms with Gasteiger partial charge in [-0.3, -0.25) is 9.09 Å². The molecule has 0 saturated carbocycles. The van der Waals surface area contributed by atoms with Crippen LogP contribution in [-0.2, 0) is 18.6 Å². The molecule has 1 aromatic heterocycles. The minimum absolute atomic E-state index is 0.00546. The molecule has 3 rings (SSSR count). The van der Waals surface area contributed by atoms with Gasteiger partial charge in [0.05, 0.1) is 19.8 Å². The standard InChI is InChI=1S/C13H21N4O8P/c14-9-1-2-17(13(20)15-9)12-11(19)10(18)8(25-12)7-24-26(21,22)16-3-5-23-6-4-16/h1-2,8,10-12,18-19H,3-7H2,(H,21,22)(H2,14,15,20). The predicted octanol–water partition coefficient (Wildman–Crippen LogP) is -2.11. The van der Waals surface area contributed by atoms with Crippen LogP contribution >= 0.6 is 7.75 Å². The zero-order valence-electron chi connectivity index (χ0n) is 13.7. The van der Waals surface area contributed by atoms with E-state index in [-0.39, 0.29) is 18.9 Å². The Labute approximate surface area is 148 Å². The van der Waals surface area contributed by atoms with E-state index >= 15 is 0 Å². The van der Waals surface area contributed by atoms with Crippen molar-refractivity contribution in [3.63, 3.8) is 0 Å². The summed E-state index contributed by atoms with van der Waals surface area (Å²) in [4.78, 5) is 25.4. The van der Waals surface area contributed by atoms with Crippen LogP contribution in [0.4, 0.5) is 5.82 Å². The number of nitrogens with two attached hydrogens (primary N) is 1. The van der Waals surface area contributed by atoms with Crippen LogP contribution in [0.15, 0.2) is 17.1 Å². The van der Waals surface area contributed by atoms with E-state index in [1.807, 2.05) is 0 Å². The third-order valence-corrected chi connectivity index (χ3v) is 5.82. The first-order valence-electron chi connectivity index (χ1n) is 7.96. The fourth-order valence-electron chi connectivity index (χ4n) is 2.77. The van der Waals surface area contributed by atoms with Crippen molar-refractivity contribution in [2.24, 2.45) is 0 Å². The van der Waals surface area contributed by atoms with Crippen LogP contribution in [0.2, 0.25) is 0 Å². The summed E-state index contributed by atoms with van der Waals surface area (Å²) in [6, 6.07) is 1.34. The van der Waals surface area contributed by atoms with Gasteiger partial charge in [0.15, 0.2) is 6.23 Å². The van der Waals surface area contributed by atoms with E-state index in [4.69, 9.17) is 19.7 Å². The summed E-state index contributed by atoms with van der Waals surface area (Å²) in [6.07, 6.45) is -3.93. The van der Waals surface area contributed by atoms with Gasteiger partial charge in [0.2, 0.25) is 0 Å². The monoisotopic (exact) mass is 392 g/mol. The van der Waals surface area contributed by atoms with E-state index in [2.05, 4.69) is 4.98 Å². The van der Waals surface area contributed by atoms with Crippen molar-refractivity contribution >= 4 is 13.6 Å². The number of nitrogen functional groups attached to an aromatic ring is 1. The predicted molar refractivity (Wildman–Crippen MR) is 87.0 cm³/mol. The molecule has 26 heavy (non-hydrogen) atoms.